The first-order valence-corrected chi connectivity index (χ1v) is 11.7. The van der Waals surface area contributed by atoms with E-state index in [0.29, 0.717) is 27.0 Å². The molecular formula is C24H21ClN2O5S. The molecule has 0 atom stereocenters. The van der Waals surface area contributed by atoms with E-state index in [2.05, 4.69) is 26.6 Å². The Kier molecular flexibility index (Phi) is 7.59. The summed E-state index contributed by atoms with van der Waals surface area (Å²) in [5.41, 5.74) is 1.14. The Balaban J connectivity index is 1.98. The van der Waals surface area contributed by atoms with Gasteiger partial charge in [0.1, 0.15) is 0 Å². The standard InChI is InChI=1S/C24H21ClN2O5S/c1-16(28)26-22-10-5-9-20-19(22)8-6-11-23(20)33(30,31)27-21-14-13-18(25)15-17(21)7-3-4-12-24(29)32-2/h5-6,8-11,13-15,27H,4,12H2,1-2H3,(H,26,28). The van der Waals surface area contributed by atoms with Crippen molar-refractivity contribution in [2.75, 3.05) is 17.1 Å². The molecule has 0 aromatic heterocycles. The van der Waals surface area contributed by atoms with Crippen LogP contribution in [0.15, 0.2) is 59.5 Å². The molecule has 2 N–H and O–H groups in total. The van der Waals surface area contributed by atoms with Gasteiger partial charge in [0.25, 0.3) is 10.0 Å². The van der Waals surface area contributed by atoms with Crippen LogP contribution in [0.5, 0.6) is 0 Å². The molecule has 0 radical (unpaired) electrons. The van der Waals surface area contributed by atoms with Gasteiger partial charge in [-0.2, -0.15) is 0 Å². The number of halogens is 1. The predicted molar refractivity (Wildman–Crippen MR) is 129 cm³/mol. The molecule has 7 nitrogen and oxygen atoms in total. The van der Waals surface area contributed by atoms with E-state index >= 15 is 0 Å². The minimum absolute atomic E-state index is 0.0479. The number of methoxy groups -OCH3 is 1. The van der Waals surface area contributed by atoms with E-state index < -0.39 is 10.0 Å². The maximum atomic E-state index is 13.3. The molecule has 0 heterocycles. The maximum Gasteiger partial charge on any atom is 0.306 e. The SMILES string of the molecule is COC(=O)CCC#Cc1cc(Cl)ccc1NS(=O)(=O)c1cccc2c(NC(C)=O)cccc12. The van der Waals surface area contributed by atoms with Gasteiger partial charge in [-0.05, 0) is 30.3 Å². The number of hydrogen-bond donors (Lipinski definition) is 2. The Bertz CT molecular complexity index is 1390. The van der Waals surface area contributed by atoms with Gasteiger partial charge < -0.3 is 10.1 Å². The van der Waals surface area contributed by atoms with Crippen LogP contribution in [-0.4, -0.2) is 27.4 Å². The Morgan fingerprint density at radius 3 is 2.48 bits per heavy atom. The van der Waals surface area contributed by atoms with Crippen LogP contribution in [0, 0.1) is 11.8 Å². The zero-order valence-corrected chi connectivity index (χ0v) is 19.5. The molecule has 9 heteroatoms. The number of sulfonamides is 1. The topological polar surface area (TPSA) is 102 Å². The van der Waals surface area contributed by atoms with Gasteiger partial charge in [0.2, 0.25) is 5.91 Å². The lowest BCUT2D eigenvalue weighted by molar-refractivity contribution is -0.140. The third-order valence-electron chi connectivity index (χ3n) is 4.61. The van der Waals surface area contributed by atoms with Crippen molar-refractivity contribution < 1.29 is 22.7 Å². The molecule has 0 fully saturated rings. The van der Waals surface area contributed by atoms with Crippen LogP contribution in [0.3, 0.4) is 0 Å². The summed E-state index contributed by atoms with van der Waals surface area (Å²) >= 11 is 6.07. The molecule has 0 aliphatic carbocycles. The number of esters is 1. The van der Waals surface area contributed by atoms with Crippen molar-refractivity contribution in [2.45, 2.75) is 24.7 Å². The van der Waals surface area contributed by atoms with Gasteiger partial charge >= 0.3 is 5.97 Å². The summed E-state index contributed by atoms with van der Waals surface area (Å²) in [5.74, 6) is 5.05. The summed E-state index contributed by atoms with van der Waals surface area (Å²) in [4.78, 5) is 22.8. The Morgan fingerprint density at radius 1 is 1.03 bits per heavy atom. The summed E-state index contributed by atoms with van der Waals surface area (Å²) < 4.78 is 33.8. The van der Waals surface area contributed by atoms with Crippen LogP contribution < -0.4 is 10.0 Å². The highest BCUT2D eigenvalue weighted by atomic mass is 35.5. The minimum Gasteiger partial charge on any atom is -0.469 e. The molecule has 0 unspecified atom stereocenters. The van der Waals surface area contributed by atoms with Gasteiger partial charge in [-0.1, -0.05) is 47.7 Å². The van der Waals surface area contributed by atoms with Crippen molar-refractivity contribution >= 4 is 55.6 Å². The fourth-order valence-corrected chi connectivity index (χ4v) is 4.62. The highest BCUT2D eigenvalue weighted by Gasteiger charge is 2.20. The molecule has 33 heavy (non-hydrogen) atoms. The van der Waals surface area contributed by atoms with Crippen LogP contribution in [0.2, 0.25) is 5.02 Å². The second kappa shape index (κ2) is 10.4. The van der Waals surface area contributed by atoms with E-state index in [4.69, 9.17) is 11.6 Å². The molecule has 170 valence electrons. The van der Waals surface area contributed by atoms with Gasteiger partial charge in [0.05, 0.1) is 29.7 Å². The number of anilines is 2. The second-order valence-corrected chi connectivity index (χ2v) is 9.10. The average Bonchev–Trinajstić information content (AvgIpc) is 2.77. The summed E-state index contributed by atoms with van der Waals surface area (Å²) in [6.07, 6.45) is 0.373. The molecule has 0 aliphatic rings. The van der Waals surface area contributed by atoms with Crippen molar-refractivity contribution in [1.29, 1.82) is 0 Å². The van der Waals surface area contributed by atoms with Crippen LogP contribution in [0.1, 0.15) is 25.3 Å². The molecule has 0 saturated heterocycles. The van der Waals surface area contributed by atoms with Crippen LogP contribution >= 0.6 is 11.6 Å². The molecule has 0 saturated carbocycles. The molecule has 3 aromatic carbocycles. The number of benzene rings is 3. The van der Waals surface area contributed by atoms with Crippen LogP contribution in [0.25, 0.3) is 10.8 Å². The quantitative estimate of drug-likeness (QED) is 0.394. The van der Waals surface area contributed by atoms with Gasteiger partial charge in [-0.25, -0.2) is 8.42 Å². The first-order valence-electron chi connectivity index (χ1n) is 9.88. The molecular weight excluding hydrogens is 464 g/mol. The Labute approximate surface area is 197 Å². The molecule has 0 bridgehead atoms. The lowest BCUT2D eigenvalue weighted by atomic mass is 10.1. The van der Waals surface area contributed by atoms with E-state index in [0.717, 1.165) is 0 Å². The highest BCUT2D eigenvalue weighted by molar-refractivity contribution is 7.93. The third kappa shape index (κ3) is 6.04. The summed E-state index contributed by atoms with van der Waals surface area (Å²) in [6.45, 7) is 1.38. The zero-order valence-electron chi connectivity index (χ0n) is 17.9. The van der Waals surface area contributed by atoms with Gasteiger partial charge in [-0.3, -0.25) is 14.3 Å². The lowest BCUT2D eigenvalue weighted by Crippen LogP contribution is -2.14. The van der Waals surface area contributed by atoms with Crippen LogP contribution in [-0.2, 0) is 24.3 Å². The number of rotatable bonds is 6. The number of hydrogen-bond acceptors (Lipinski definition) is 5. The number of carbonyl (C=O) groups is 2. The monoisotopic (exact) mass is 484 g/mol. The number of fused-ring (bicyclic) bond motifs is 1. The second-order valence-electron chi connectivity index (χ2n) is 7.01. The van der Waals surface area contributed by atoms with Crippen molar-refractivity contribution in [3.8, 4) is 11.8 Å². The molecule has 3 rings (SSSR count). The molecule has 1 amide bonds. The van der Waals surface area contributed by atoms with Crippen molar-refractivity contribution in [2.24, 2.45) is 0 Å². The first-order chi connectivity index (χ1) is 15.7. The van der Waals surface area contributed by atoms with Gasteiger partial charge in [-0.15, -0.1) is 0 Å². The number of ether oxygens (including phenoxy) is 1. The largest absolute Gasteiger partial charge is 0.469 e. The van der Waals surface area contributed by atoms with Crippen molar-refractivity contribution in [3.63, 3.8) is 0 Å². The molecule has 0 spiro atoms. The fraction of sp³-hybridized carbons (Fsp3) is 0.167. The number of amides is 1. The van der Waals surface area contributed by atoms with Crippen molar-refractivity contribution in [1.82, 2.24) is 0 Å². The summed E-state index contributed by atoms with van der Waals surface area (Å²) in [7, 11) is -2.72. The zero-order chi connectivity index (χ0) is 24.0. The minimum atomic E-state index is -4.02. The van der Waals surface area contributed by atoms with E-state index in [1.807, 2.05) is 0 Å². The van der Waals surface area contributed by atoms with E-state index in [1.54, 1.807) is 42.5 Å². The van der Waals surface area contributed by atoms with Crippen LogP contribution in [0.4, 0.5) is 11.4 Å². The van der Waals surface area contributed by atoms with E-state index in [9.17, 15) is 18.0 Å². The predicted octanol–water partition coefficient (Wildman–Crippen LogP) is 4.56. The summed E-state index contributed by atoms with van der Waals surface area (Å²) in [5, 5.41) is 4.15. The Morgan fingerprint density at radius 2 is 1.76 bits per heavy atom. The average molecular weight is 485 g/mol. The Hall–Kier alpha value is -3.54. The third-order valence-corrected chi connectivity index (χ3v) is 6.27. The smallest absolute Gasteiger partial charge is 0.306 e. The first kappa shape index (κ1) is 24.1. The number of carbonyl (C=O) groups excluding carboxylic acids is 2. The molecule has 0 aliphatic heterocycles. The highest BCUT2D eigenvalue weighted by Crippen LogP contribution is 2.31. The number of nitrogens with one attached hydrogen (secondary N) is 2. The lowest BCUT2D eigenvalue weighted by Gasteiger charge is -2.14. The summed E-state index contributed by atoms with van der Waals surface area (Å²) in [6, 6.07) is 14.5. The van der Waals surface area contributed by atoms with E-state index in [-0.39, 0.29) is 35.3 Å². The van der Waals surface area contributed by atoms with E-state index in [1.165, 1.54) is 26.2 Å². The van der Waals surface area contributed by atoms with Gasteiger partial charge in [0, 0.05) is 34.8 Å². The van der Waals surface area contributed by atoms with Gasteiger partial charge in [0.15, 0.2) is 0 Å². The normalized spacial score (nSPS) is 10.8. The molecule has 3 aromatic rings. The fourth-order valence-electron chi connectivity index (χ4n) is 3.15. The van der Waals surface area contributed by atoms with Crippen molar-refractivity contribution in [3.05, 3.63) is 65.2 Å². The maximum absolute atomic E-state index is 13.3.